The quantitative estimate of drug-likeness (QED) is 0.590. The number of benzene rings is 1. The van der Waals surface area contributed by atoms with E-state index in [2.05, 4.69) is 15.9 Å². The Balaban J connectivity index is 2.22. The molecule has 0 aliphatic rings. The van der Waals surface area contributed by atoms with Crippen LogP contribution in [0, 0.1) is 12.3 Å². The number of nitrogens with zero attached hydrogens (tertiary/aromatic N) is 1. The van der Waals surface area contributed by atoms with E-state index in [0.717, 1.165) is 4.31 Å². The molecule has 0 atom stereocenters. The fraction of sp³-hybridized carbons (Fsp3) is 0.188. The largest absolute Gasteiger partial charge is 0.395 e. The average molecular weight is 345 g/mol. The summed E-state index contributed by atoms with van der Waals surface area (Å²) in [5.74, 6) is 2.28. The molecule has 124 valence electrons. The van der Waals surface area contributed by atoms with Crippen molar-refractivity contribution < 1.29 is 13.5 Å². The minimum Gasteiger partial charge on any atom is -0.395 e. The topological polar surface area (TPSA) is 106 Å². The lowest BCUT2D eigenvalue weighted by Crippen LogP contribution is -2.34. The molecule has 0 amide bonds. The molecule has 8 heteroatoms. The highest BCUT2D eigenvalue weighted by Crippen LogP contribution is 2.25. The van der Waals surface area contributed by atoms with Crippen LogP contribution in [0.2, 0.25) is 0 Å². The Morgan fingerprint density at radius 3 is 2.75 bits per heavy atom. The lowest BCUT2D eigenvalue weighted by molar-refractivity contribution is 0.261. The molecule has 3 rings (SSSR count). The number of pyridine rings is 1. The first-order valence-corrected chi connectivity index (χ1v) is 8.60. The zero-order chi connectivity index (χ0) is 17.3. The van der Waals surface area contributed by atoms with Crippen molar-refractivity contribution in [2.45, 2.75) is 4.90 Å². The second-order valence-electron chi connectivity index (χ2n) is 5.19. The molecule has 0 unspecified atom stereocenters. The highest BCUT2D eigenvalue weighted by atomic mass is 32.2. The first-order valence-electron chi connectivity index (χ1n) is 7.16. The molecule has 0 bridgehead atoms. The van der Waals surface area contributed by atoms with Gasteiger partial charge in [0.05, 0.1) is 18.0 Å². The normalized spacial score (nSPS) is 12.0. The van der Waals surface area contributed by atoms with E-state index in [4.69, 9.17) is 11.5 Å². The highest BCUT2D eigenvalue weighted by molar-refractivity contribution is 7.89. The maximum absolute atomic E-state index is 12.7. The SMILES string of the molecule is C#CCN(CCO)S(=O)(=O)c1ccc2[nH]c(=O)c3[nH]ccc3c2c1. The van der Waals surface area contributed by atoms with Crippen molar-refractivity contribution in [3.05, 3.63) is 40.8 Å². The lowest BCUT2D eigenvalue weighted by Gasteiger charge is -2.19. The maximum atomic E-state index is 12.7. The molecular weight excluding hydrogens is 330 g/mol. The van der Waals surface area contributed by atoms with Gasteiger partial charge in [-0.05, 0) is 24.3 Å². The van der Waals surface area contributed by atoms with Crippen LogP contribution in [0.5, 0.6) is 0 Å². The van der Waals surface area contributed by atoms with E-state index in [1.165, 1.54) is 12.1 Å². The summed E-state index contributed by atoms with van der Waals surface area (Å²) in [6.45, 7) is -0.550. The Labute approximate surface area is 138 Å². The predicted molar refractivity (Wildman–Crippen MR) is 91.1 cm³/mol. The predicted octanol–water partition coefficient (Wildman–Crippen LogP) is 0.626. The fourth-order valence-corrected chi connectivity index (χ4v) is 4.00. The monoisotopic (exact) mass is 345 g/mol. The van der Waals surface area contributed by atoms with Crippen molar-refractivity contribution in [1.29, 1.82) is 0 Å². The van der Waals surface area contributed by atoms with Gasteiger partial charge in [0.2, 0.25) is 10.0 Å². The molecule has 0 radical (unpaired) electrons. The molecule has 24 heavy (non-hydrogen) atoms. The van der Waals surface area contributed by atoms with Crippen LogP contribution in [0.4, 0.5) is 0 Å². The van der Waals surface area contributed by atoms with Gasteiger partial charge in [0, 0.05) is 29.0 Å². The number of sulfonamides is 1. The van der Waals surface area contributed by atoms with Crippen LogP contribution < -0.4 is 5.56 Å². The Morgan fingerprint density at radius 2 is 2.04 bits per heavy atom. The molecular formula is C16H15N3O4S. The van der Waals surface area contributed by atoms with Gasteiger partial charge >= 0.3 is 0 Å². The van der Waals surface area contributed by atoms with Crippen LogP contribution in [0.3, 0.4) is 0 Å². The molecule has 0 fully saturated rings. The van der Waals surface area contributed by atoms with E-state index in [1.54, 1.807) is 18.3 Å². The van der Waals surface area contributed by atoms with E-state index in [0.29, 0.717) is 21.8 Å². The first kappa shape index (κ1) is 16.3. The Bertz CT molecular complexity index is 1110. The summed E-state index contributed by atoms with van der Waals surface area (Å²) in [5.41, 5.74) is 0.650. The van der Waals surface area contributed by atoms with E-state index in [-0.39, 0.29) is 30.2 Å². The second-order valence-corrected chi connectivity index (χ2v) is 7.13. The van der Waals surface area contributed by atoms with Gasteiger partial charge in [0.15, 0.2) is 0 Å². The van der Waals surface area contributed by atoms with Gasteiger partial charge in [-0.15, -0.1) is 6.42 Å². The fourth-order valence-electron chi connectivity index (χ4n) is 2.63. The standard InChI is InChI=1S/C16H15N3O4S/c1-2-7-19(8-9-20)24(22,23)11-3-4-14-13(10-11)12-5-6-17-15(12)16(21)18-14/h1,3-6,10,17,20H,7-9H2,(H,18,21). The van der Waals surface area contributed by atoms with E-state index in [9.17, 15) is 13.2 Å². The van der Waals surface area contributed by atoms with Gasteiger partial charge in [0.1, 0.15) is 5.52 Å². The number of aromatic nitrogens is 2. The van der Waals surface area contributed by atoms with Gasteiger partial charge < -0.3 is 15.1 Å². The minimum absolute atomic E-state index is 0.0493. The summed E-state index contributed by atoms with van der Waals surface area (Å²) in [5, 5.41) is 10.3. The van der Waals surface area contributed by atoms with E-state index >= 15 is 0 Å². The zero-order valence-corrected chi connectivity index (χ0v) is 13.4. The first-order chi connectivity index (χ1) is 11.5. The Kier molecular flexibility index (Phi) is 4.15. The summed E-state index contributed by atoms with van der Waals surface area (Å²) < 4.78 is 26.5. The van der Waals surface area contributed by atoms with Crippen LogP contribution in [0.25, 0.3) is 21.8 Å². The summed E-state index contributed by atoms with van der Waals surface area (Å²) in [4.78, 5) is 17.5. The summed E-state index contributed by atoms with van der Waals surface area (Å²) in [6.07, 6.45) is 6.84. The van der Waals surface area contributed by atoms with Crippen molar-refractivity contribution in [3.63, 3.8) is 0 Å². The number of fused-ring (bicyclic) bond motifs is 3. The van der Waals surface area contributed by atoms with Crippen molar-refractivity contribution in [2.24, 2.45) is 0 Å². The maximum Gasteiger partial charge on any atom is 0.272 e. The molecule has 7 nitrogen and oxygen atoms in total. The van der Waals surface area contributed by atoms with E-state index in [1.807, 2.05) is 0 Å². The molecule has 0 saturated carbocycles. The molecule has 2 aromatic heterocycles. The van der Waals surface area contributed by atoms with Crippen LogP contribution in [-0.4, -0.2) is 47.5 Å². The van der Waals surface area contributed by atoms with Gasteiger partial charge in [-0.1, -0.05) is 5.92 Å². The Morgan fingerprint density at radius 1 is 1.25 bits per heavy atom. The minimum atomic E-state index is -3.85. The van der Waals surface area contributed by atoms with Crippen molar-refractivity contribution >= 4 is 31.8 Å². The number of aromatic amines is 2. The van der Waals surface area contributed by atoms with Crippen molar-refractivity contribution in [2.75, 3.05) is 19.7 Å². The summed E-state index contributed by atoms with van der Waals surface area (Å²) in [6, 6.07) is 6.17. The number of rotatable bonds is 5. The molecule has 3 aromatic rings. The average Bonchev–Trinajstić information content (AvgIpc) is 3.05. The molecule has 0 saturated heterocycles. The third-order valence-corrected chi connectivity index (χ3v) is 5.60. The van der Waals surface area contributed by atoms with Crippen LogP contribution in [0.15, 0.2) is 40.2 Å². The third kappa shape index (κ3) is 2.59. The highest BCUT2D eigenvalue weighted by Gasteiger charge is 2.24. The number of nitrogens with one attached hydrogen (secondary N) is 2. The second kappa shape index (κ2) is 6.13. The summed E-state index contributed by atoms with van der Waals surface area (Å²) in [7, 11) is -3.85. The summed E-state index contributed by atoms with van der Waals surface area (Å²) >= 11 is 0. The van der Waals surface area contributed by atoms with Gasteiger partial charge in [-0.3, -0.25) is 4.79 Å². The number of terminal acetylenes is 1. The lowest BCUT2D eigenvalue weighted by atomic mass is 10.1. The van der Waals surface area contributed by atoms with Crippen LogP contribution in [0.1, 0.15) is 0 Å². The number of aliphatic hydroxyl groups excluding tert-OH is 1. The molecule has 0 aliphatic carbocycles. The smallest absolute Gasteiger partial charge is 0.272 e. The Hall–Kier alpha value is -2.60. The van der Waals surface area contributed by atoms with Crippen LogP contribution >= 0.6 is 0 Å². The van der Waals surface area contributed by atoms with Gasteiger partial charge in [0.25, 0.3) is 5.56 Å². The number of hydrogen-bond acceptors (Lipinski definition) is 4. The van der Waals surface area contributed by atoms with Gasteiger partial charge in [-0.2, -0.15) is 4.31 Å². The molecule has 0 aliphatic heterocycles. The molecule has 3 N–H and O–H groups in total. The van der Waals surface area contributed by atoms with E-state index < -0.39 is 10.0 Å². The molecule has 2 heterocycles. The van der Waals surface area contributed by atoms with Gasteiger partial charge in [-0.25, -0.2) is 8.42 Å². The van der Waals surface area contributed by atoms with Crippen molar-refractivity contribution in [3.8, 4) is 12.3 Å². The molecule has 0 spiro atoms. The number of H-pyrrole nitrogens is 2. The number of hydrogen-bond donors (Lipinski definition) is 3. The molecule has 1 aromatic carbocycles. The van der Waals surface area contributed by atoms with Crippen molar-refractivity contribution in [1.82, 2.24) is 14.3 Å². The third-order valence-electron chi connectivity index (χ3n) is 3.76. The zero-order valence-electron chi connectivity index (χ0n) is 12.6. The van der Waals surface area contributed by atoms with Crippen LogP contribution in [-0.2, 0) is 10.0 Å². The number of aliphatic hydroxyl groups is 1.